The summed E-state index contributed by atoms with van der Waals surface area (Å²) in [4.78, 5) is 0. The molecule has 1 unspecified atom stereocenters. The molecule has 1 rings (SSSR count). The van der Waals surface area contributed by atoms with E-state index in [2.05, 4.69) is 19.1 Å². The molecule has 16 heavy (non-hydrogen) atoms. The Morgan fingerprint density at radius 1 is 1.50 bits per heavy atom. The number of alkyl halides is 1. The van der Waals surface area contributed by atoms with Gasteiger partial charge in [-0.15, -0.1) is 11.8 Å². The van der Waals surface area contributed by atoms with Crippen LogP contribution in [-0.2, 0) is 4.74 Å². The Morgan fingerprint density at radius 2 is 2.31 bits per heavy atom. The average molecular weight is 246 g/mol. The standard InChI is InChI=1S/C13H23FOS/c1-3-4-6-9-13(2)11-16-12(14)8-5-7-10-15-13/h3-4,12H,5-11H2,1-2H3/b4-3+/t12?,13-/m0/s1. The van der Waals surface area contributed by atoms with Crippen molar-refractivity contribution in [2.75, 3.05) is 12.4 Å². The molecule has 94 valence electrons. The van der Waals surface area contributed by atoms with Gasteiger partial charge in [-0.1, -0.05) is 12.2 Å². The molecule has 0 saturated carbocycles. The SMILES string of the molecule is C/C=C/CC[C@@]1(C)CSC(F)CCCCO1. The maximum absolute atomic E-state index is 13.4. The molecule has 0 aromatic carbocycles. The highest BCUT2D eigenvalue weighted by atomic mass is 32.2. The second-order valence-electron chi connectivity index (χ2n) is 4.62. The van der Waals surface area contributed by atoms with Crippen LogP contribution in [0.4, 0.5) is 4.39 Å². The zero-order valence-electron chi connectivity index (χ0n) is 10.4. The lowest BCUT2D eigenvalue weighted by Gasteiger charge is -2.29. The largest absolute Gasteiger partial charge is 0.374 e. The Kier molecular flexibility index (Phi) is 6.44. The molecule has 0 aliphatic carbocycles. The minimum atomic E-state index is -0.706. The van der Waals surface area contributed by atoms with Gasteiger partial charge in [-0.25, -0.2) is 4.39 Å². The minimum Gasteiger partial charge on any atom is -0.374 e. The van der Waals surface area contributed by atoms with Gasteiger partial charge < -0.3 is 4.74 Å². The van der Waals surface area contributed by atoms with E-state index in [1.165, 1.54) is 11.8 Å². The molecule has 1 aliphatic rings. The zero-order valence-corrected chi connectivity index (χ0v) is 11.2. The number of thioether (sulfide) groups is 1. The van der Waals surface area contributed by atoms with Crippen molar-refractivity contribution in [1.82, 2.24) is 0 Å². The first-order valence-corrected chi connectivity index (χ1v) is 7.22. The van der Waals surface area contributed by atoms with Gasteiger partial charge in [-0.2, -0.15) is 0 Å². The number of ether oxygens (including phenoxy) is 1. The number of allylic oxidation sites excluding steroid dienone is 2. The Hall–Kier alpha value is -0.0200. The zero-order chi connectivity index (χ0) is 11.9. The lowest BCUT2D eigenvalue weighted by Crippen LogP contribution is -2.32. The van der Waals surface area contributed by atoms with E-state index in [9.17, 15) is 4.39 Å². The summed E-state index contributed by atoms with van der Waals surface area (Å²) in [6, 6.07) is 0. The smallest absolute Gasteiger partial charge is 0.146 e. The lowest BCUT2D eigenvalue weighted by atomic mass is 10.0. The van der Waals surface area contributed by atoms with Gasteiger partial charge in [-0.05, 0) is 46.0 Å². The van der Waals surface area contributed by atoms with Gasteiger partial charge in [0.1, 0.15) is 5.50 Å². The fraction of sp³-hybridized carbons (Fsp3) is 0.846. The van der Waals surface area contributed by atoms with E-state index in [-0.39, 0.29) is 5.60 Å². The highest BCUT2D eigenvalue weighted by Gasteiger charge is 2.27. The molecule has 0 bridgehead atoms. The molecule has 1 nitrogen and oxygen atoms in total. The first-order valence-electron chi connectivity index (χ1n) is 6.17. The van der Waals surface area contributed by atoms with E-state index in [0.717, 1.165) is 38.0 Å². The third kappa shape index (κ3) is 5.35. The lowest BCUT2D eigenvalue weighted by molar-refractivity contribution is -0.0198. The quantitative estimate of drug-likeness (QED) is 0.685. The molecular formula is C13H23FOS. The molecule has 1 saturated heterocycles. The van der Waals surface area contributed by atoms with Crippen LogP contribution in [-0.4, -0.2) is 23.5 Å². The van der Waals surface area contributed by atoms with Gasteiger partial charge in [0.2, 0.25) is 0 Å². The maximum Gasteiger partial charge on any atom is 0.146 e. The maximum atomic E-state index is 13.4. The monoisotopic (exact) mass is 246 g/mol. The van der Waals surface area contributed by atoms with E-state index in [4.69, 9.17) is 4.74 Å². The van der Waals surface area contributed by atoms with Crippen LogP contribution in [0.2, 0.25) is 0 Å². The van der Waals surface area contributed by atoms with Crippen LogP contribution in [0.15, 0.2) is 12.2 Å². The van der Waals surface area contributed by atoms with Crippen molar-refractivity contribution >= 4 is 11.8 Å². The van der Waals surface area contributed by atoms with Gasteiger partial charge in [0, 0.05) is 12.4 Å². The molecule has 0 aromatic heterocycles. The summed E-state index contributed by atoms with van der Waals surface area (Å²) in [6.45, 7) is 4.92. The van der Waals surface area contributed by atoms with Gasteiger partial charge >= 0.3 is 0 Å². The Balaban J connectivity index is 2.45. The van der Waals surface area contributed by atoms with Crippen molar-refractivity contribution in [2.45, 2.75) is 57.1 Å². The Morgan fingerprint density at radius 3 is 3.06 bits per heavy atom. The number of rotatable bonds is 3. The summed E-state index contributed by atoms with van der Waals surface area (Å²) in [5, 5.41) is 0. The molecule has 0 amide bonds. The van der Waals surface area contributed by atoms with Crippen molar-refractivity contribution in [3.63, 3.8) is 0 Å². The Bertz CT molecular complexity index is 220. The molecule has 1 heterocycles. The molecule has 0 radical (unpaired) electrons. The molecule has 0 N–H and O–H groups in total. The molecule has 0 aromatic rings. The molecule has 3 heteroatoms. The van der Waals surface area contributed by atoms with Crippen molar-refractivity contribution < 1.29 is 9.13 Å². The second-order valence-corrected chi connectivity index (χ2v) is 5.76. The van der Waals surface area contributed by atoms with Gasteiger partial charge in [-0.3, -0.25) is 0 Å². The third-order valence-electron chi connectivity index (χ3n) is 2.92. The van der Waals surface area contributed by atoms with Crippen LogP contribution in [0.25, 0.3) is 0 Å². The number of hydrogen-bond donors (Lipinski definition) is 0. The number of halogens is 1. The molecule has 1 fully saturated rings. The van der Waals surface area contributed by atoms with Gasteiger partial charge in [0.15, 0.2) is 0 Å². The molecule has 1 aliphatic heterocycles. The van der Waals surface area contributed by atoms with Crippen molar-refractivity contribution in [2.24, 2.45) is 0 Å². The third-order valence-corrected chi connectivity index (χ3v) is 4.30. The van der Waals surface area contributed by atoms with E-state index >= 15 is 0 Å². The second kappa shape index (κ2) is 7.33. The summed E-state index contributed by atoms with van der Waals surface area (Å²) in [5.41, 5.74) is -0.860. The fourth-order valence-electron chi connectivity index (χ4n) is 1.82. The number of hydrogen-bond acceptors (Lipinski definition) is 2. The van der Waals surface area contributed by atoms with Crippen LogP contribution in [0, 0.1) is 0 Å². The fourth-order valence-corrected chi connectivity index (χ4v) is 2.91. The van der Waals surface area contributed by atoms with Crippen LogP contribution < -0.4 is 0 Å². The summed E-state index contributed by atoms with van der Waals surface area (Å²) in [7, 11) is 0. The first kappa shape index (κ1) is 14.0. The predicted octanol–water partition coefficient (Wildman–Crippen LogP) is 4.33. The minimum absolute atomic E-state index is 0.154. The van der Waals surface area contributed by atoms with E-state index in [1.807, 2.05) is 6.92 Å². The highest BCUT2D eigenvalue weighted by molar-refractivity contribution is 7.99. The topological polar surface area (TPSA) is 9.23 Å². The van der Waals surface area contributed by atoms with Crippen molar-refractivity contribution in [3.05, 3.63) is 12.2 Å². The van der Waals surface area contributed by atoms with Gasteiger partial charge in [0.05, 0.1) is 5.60 Å². The molecular weight excluding hydrogens is 223 g/mol. The van der Waals surface area contributed by atoms with Crippen molar-refractivity contribution in [1.29, 1.82) is 0 Å². The predicted molar refractivity (Wildman–Crippen MR) is 69.6 cm³/mol. The first-order chi connectivity index (χ1) is 7.66. The van der Waals surface area contributed by atoms with E-state index in [1.54, 1.807) is 0 Å². The Labute approximate surface area is 103 Å². The van der Waals surface area contributed by atoms with Crippen LogP contribution >= 0.6 is 11.8 Å². The summed E-state index contributed by atoms with van der Waals surface area (Å²) >= 11 is 1.41. The van der Waals surface area contributed by atoms with E-state index < -0.39 is 5.50 Å². The van der Waals surface area contributed by atoms with Crippen molar-refractivity contribution in [3.8, 4) is 0 Å². The summed E-state index contributed by atoms with van der Waals surface area (Å²) in [5.74, 6) is 0.770. The average Bonchev–Trinajstić information content (AvgIpc) is 2.33. The summed E-state index contributed by atoms with van der Waals surface area (Å²) < 4.78 is 19.4. The van der Waals surface area contributed by atoms with Gasteiger partial charge in [0.25, 0.3) is 0 Å². The van der Waals surface area contributed by atoms with Crippen LogP contribution in [0.5, 0.6) is 0 Å². The molecule has 2 atom stereocenters. The molecule has 0 spiro atoms. The van der Waals surface area contributed by atoms with Crippen LogP contribution in [0.3, 0.4) is 0 Å². The summed E-state index contributed by atoms with van der Waals surface area (Å²) in [6.07, 6.45) is 8.82. The normalized spacial score (nSPS) is 33.3. The van der Waals surface area contributed by atoms with Crippen LogP contribution in [0.1, 0.15) is 46.0 Å². The van der Waals surface area contributed by atoms with E-state index in [0.29, 0.717) is 6.42 Å². The highest BCUT2D eigenvalue weighted by Crippen LogP contribution is 2.30.